The van der Waals surface area contributed by atoms with Gasteiger partial charge in [-0.15, -0.1) is 0 Å². The number of carbonyl (C=O) groups excluding carboxylic acids is 1. The lowest BCUT2D eigenvalue weighted by Crippen LogP contribution is -2.17. The van der Waals surface area contributed by atoms with Gasteiger partial charge in [0.2, 0.25) is 0 Å². The number of fused-ring (bicyclic) bond motifs is 1. The maximum absolute atomic E-state index is 12.5. The third-order valence-electron chi connectivity index (χ3n) is 4.01. The number of hydrogen-bond acceptors (Lipinski definition) is 4. The van der Waals surface area contributed by atoms with E-state index in [1.807, 2.05) is 42.5 Å². The Morgan fingerprint density at radius 3 is 2.79 bits per heavy atom. The van der Waals surface area contributed by atoms with Crippen molar-refractivity contribution in [1.29, 1.82) is 0 Å². The lowest BCUT2D eigenvalue weighted by atomic mass is 10.0. The summed E-state index contributed by atoms with van der Waals surface area (Å²) >= 11 is 3.47. The number of rotatable bonds is 7. The molecular weight excluding hydrogens is 420 g/mol. The number of carbonyl (C=O) groups is 1. The SMILES string of the molecule is C=CCOc1c(Br)cc(/C=N\NC(=O)c2cccc3ccccc23)cc1OC. The molecule has 1 amide bonds. The number of halogens is 1. The molecule has 0 unspecified atom stereocenters. The predicted octanol–water partition coefficient (Wildman–Crippen LogP) is 4.94. The molecule has 0 fully saturated rings. The first kappa shape index (κ1) is 19.6. The Bertz CT molecular complexity index is 1040. The summed E-state index contributed by atoms with van der Waals surface area (Å²) < 4.78 is 11.7. The van der Waals surface area contributed by atoms with Crippen molar-refractivity contribution in [3.05, 3.63) is 82.9 Å². The molecule has 0 saturated carbocycles. The molecule has 3 rings (SSSR count). The van der Waals surface area contributed by atoms with Crippen LogP contribution in [0.5, 0.6) is 11.5 Å². The van der Waals surface area contributed by atoms with E-state index in [1.165, 1.54) is 0 Å². The van der Waals surface area contributed by atoms with Gasteiger partial charge in [-0.2, -0.15) is 5.10 Å². The van der Waals surface area contributed by atoms with Crippen molar-refractivity contribution >= 4 is 38.8 Å². The van der Waals surface area contributed by atoms with Crippen LogP contribution in [0.3, 0.4) is 0 Å². The molecule has 6 heteroatoms. The van der Waals surface area contributed by atoms with Crippen molar-refractivity contribution in [3.8, 4) is 11.5 Å². The Labute approximate surface area is 171 Å². The summed E-state index contributed by atoms with van der Waals surface area (Å²) in [5, 5.41) is 5.96. The van der Waals surface area contributed by atoms with Crippen molar-refractivity contribution in [2.24, 2.45) is 5.10 Å². The normalized spacial score (nSPS) is 10.8. The highest BCUT2D eigenvalue weighted by atomic mass is 79.9. The molecule has 0 aliphatic heterocycles. The highest BCUT2D eigenvalue weighted by Crippen LogP contribution is 2.36. The minimum atomic E-state index is -0.273. The number of nitrogens with zero attached hydrogens (tertiary/aromatic N) is 1. The van der Waals surface area contributed by atoms with Gasteiger partial charge in [0.1, 0.15) is 6.61 Å². The van der Waals surface area contributed by atoms with Crippen LogP contribution >= 0.6 is 15.9 Å². The lowest BCUT2D eigenvalue weighted by Gasteiger charge is -2.12. The van der Waals surface area contributed by atoms with Crippen LogP contribution in [0.2, 0.25) is 0 Å². The standard InChI is InChI=1S/C22H19BrN2O3/c1-3-11-28-21-19(23)12-15(13-20(21)27-2)14-24-25-22(26)18-10-6-8-16-7-4-5-9-17(16)18/h3-10,12-14H,1,11H2,2H3,(H,25,26)/b24-14-. The van der Waals surface area contributed by atoms with Crippen molar-refractivity contribution in [2.45, 2.75) is 0 Å². The van der Waals surface area contributed by atoms with Gasteiger partial charge in [0, 0.05) is 5.56 Å². The van der Waals surface area contributed by atoms with Crippen LogP contribution in [0, 0.1) is 0 Å². The van der Waals surface area contributed by atoms with Gasteiger partial charge in [-0.1, -0.05) is 49.1 Å². The van der Waals surface area contributed by atoms with Gasteiger partial charge in [0.15, 0.2) is 11.5 Å². The molecule has 28 heavy (non-hydrogen) atoms. The van der Waals surface area contributed by atoms with E-state index in [0.717, 1.165) is 20.8 Å². The zero-order valence-corrected chi connectivity index (χ0v) is 16.9. The molecule has 3 aromatic rings. The van der Waals surface area contributed by atoms with Crippen molar-refractivity contribution in [3.63, 3.8) is 0 Å². The summed E-state index contributed by atoms with van der Waals surface area (Å²) in [6.45, 7) is 4.00. The lowest BCUT2D eigenvalue weighted by molar-refractivity contribution is 0.0957. The van der Waals surface area contributed by atoms with Gasteiger partial charge < -0.3 is 9.47 Å². The maximum atomic E-state index is 12.5. The van der Waals surface area contributed by atoms with Gasteiger partial charge >= 0.3 is 0 Å². The van der Waals surface area contributed by atoms with E-state index >= 15 is 0 Å². The van der Waals surface area contributed by atoms with E-state index in [-0.39, 0.29) is 5.91 Å². The predicted molar refractivity (Wildman–Crippen MR) is 115 cm³/mol. The fourth-order valence-electron chi connectivity index (χ4n) is 2.75. The third kappa shape index (κ3) is 4.40. The molecule has 0 spiro atoms. The summed E-state index contributed by atoms with van der Waals surface area (Å²) in [6, 6.07) is 16.9. The van der Waals surface area contributed by atoms with Crippen LogP contribution in [0.25, 0.3) is 10.8 Å². The molecule has 0 heterocycles. The highest BCUT2D eigenvalue weighted by Gasteiger charge is 2.11. The van der Waals surface area contributed by atoms with Crippen LogP contribution in [0.1, 0.15) is 15.9 Å². The number of hydrogen-bond donors (Lipinski definition) is 1. The second-order valence-corrected chi connectivity index (χ2v) is 6.71. The smallest absolute Gasteiger partial charge is 0.271 e. The van der Waals surface area contributed by atoms with Gasteiger partial charge in [-0.3, -0.25) is 4.79 Å². The van der Waals surface area contributed by atoms with Gasteiger partial charge in [0.25, 0.3) is 5.91 Å². The maximum Gasteiger partial charge on any atom is 0.271 e. The zero-order valence-electron chi connectivity index (χ0n) is 15.3. The first-order chi connectivity index (χ1) is 13.6. The Kier molecular flexibility index (Phi) is 6.45. The second kappa shape index (κ2) is 9.19. The van der Waals surface area contributed by atoms with Crippen LogP contribution in [-0.4, -0.2) is 25.8 Å². The second-order valence-electron chi connectivity index (χ2n) is 5.86. The van der Waals surface area contributed by atoms with Crippen molar-refractivity contribution < 1.29 is 14.3 Å². The molecular formula is C22H19BrN2O3. The van der Waals surface area contributed by atoms with Gasteiger partial charge in [-0.05, 0) is 50.5 Å². The van der Waals surface area contributed by atoms with Crippen LogP contribution < -0.4 is 14.9 Å². The van der Waals surface area contributed by atoms with Crippen LogP contribution in [0.4, 0.5) is 0 Å². The minimum Gasteiger partial charge on any atom is -0.493 e. The number of amides is 1. The van der Waals surface area contributed by atoms with Crippen LogP contribution in [-0.2, 0) is 0 Å². The molecule has 1 N–H and O–H groups in total. The molecule has 0 radical (unpaired) electrons. The molecule has 0 aliphatic carbocycles. The average molecular weight is 439 g/mol. The van der Waals surface area contributed by atoms with Gasteiger partial charge in [0.05, 0.1) is 17.8 Å². The molecule has 3 aromatic carbocycles. The highest BCUT2D eigenvalue weighted by molar-refractivity contribution is 9.10. The van der Waals surface area contributed by atoms with E-state index in [2.05, 4.69) is 33.0 Å². The Hall–Kier alpha value is -3.12. The monoisotopic (exact) mass is 438 g/mol. The molecule has 5 nitrogen and oxygen atoms in total. The number of nitrogens with one attached hydrogen (secondary N) is 1. The van der Waals surface area contributed by atoms with E-state index in [0.29, 0.717) is 23.7 Å². The van der Waals surface area contributed by atoms with Crippen molar-refractivity contribution in [2.75, 3.05) is 13.7 Å². The van der Waals surface area contributed by atoms with Gasteiger partial charge in [-0.25, -0.2) is 5.43 Å². The average Bonchev–Trinajstić information content (AvgIpc) is 2.72. The van der Waals surface area contributed by atoms with E-state index in [4.69, 9.17) is 9.47 Å². The molecule has 0 saturated heterocycles. The number of hydrazone groups is 1. The quantitative estimate of drug-likeness (QED) is 0.322. The molecule has 0 aromatic heterocycles. The third-order valence-corrected chi connectivity index (χ3v) is 4.60. The fourth-order valence-corrected chi connectivity index (χ4v) is 3.32. The van der Waals surface area contributed by atoms with E-state index in [1.54, 1.807) is 31.5 Å². The van der Waals surface area contributed by atoms with E-state index < -0.39 is 0 Å². The first-order valence-electron chi connectivity index (χ1n) is 8.56. The Morgan fingerprint density at radius 1 is 1.21 bits per heavy atom. The fraction of sp³-hybridized carbons (Fsp3) is 0.0909. The largest absolute Gasteiger partial charge is 0.493 e. The van der Waals surface area contributed by atoms with Crippen LogP contribution in [0.15, 0.2) is 76.8 Å². The Balaban J connectivity index is 1.77. The number of ether oxygens (including phenoxy) is 2. The zero-order chi connectivity index (χ0) is 19.9. The topological polar surface area (TPSA) is 59.9 Å². The van der Waals surface area contributed by atoms with E-state index in [9.17, 15) is 4.79 Å². The number of benzene rings is 3. The Morgan fingerprint density at radius 2 is 2.00 bits per heavy atom. The molecule has 142 valence electrons. The summed E-state index contributed by atoms with van der Waals surface area (Å²) in [5.41, 5.74) is 3.89. The molecule has 0 aliphatic rings. The number of methoxy groups -OCH3 is 1. The molecule has 0 atom stereocenters. The first-order valence-corrected chi connectivity index (χ1v) is 9.35. The summed E-state index contributed by atoms with van der Waals surface area (Å²) in [5.74, 6) is 0.863. The van der Waals surface area contributed by atoms with Crippen molar-refractivity contribution in [1.82, 2.24) is 5.43 Å². The summed E-state index contributed by atoms with van der Waals surface area (Å²) in [4.78, 5) is 12.5. The minimum absolute atomic E-state index is 0.273. The summed E-state index contributed by atoms with van der Waals surface area (Å²) in [7, 11) is 1.56. The molecule has 0 bridgehead atoms. The summed E-state index contributed by atoms with van der Waals surface area (Å²) in [6.07, 6.45) is 3.21.